The van der Waals surface area contributed by atoms with Crippen LogP contribution in [0.1, 0.15) is 5.56 Å². The molecule has 0 bridgehead atoms. The minimum Gasteiger partial charge on any atom is -0.274 e. The average molecular weight is 241 g/mol. The molecule has 1 fully saturated rings. The molecule has 0 aliphatic carbocycles. The molecule has 3 amide bonds. The van der Waals surface area contributed by atoms with Gasteiger partial charge >= 0.3 is 6.03 Å². The Bertz CT molecular complexity index is 436. The summed E-state index contributed by atoms with van der Waals surface area (Å²) in [4.78, 5) is 27.1. The summed E-state index contributed by atoms with van der Waals surface area (Å²) >= 11 is 5.79. The highest BCUT2D eigenvalue weighted by Crippen LogP contribution is 2.12. The fourth-order valence-corrected chi connectivity index (χ4v) is 1.52. The number of hydroxylamine groups is 2. The lowest BCUT2D eigenvalue weighted by atomic mass is 10.2. The summed E-state index contributed by atoms with van der Waals surface area (Å²) in [5.74, 6) is -0.365. The first-order chi connectivity index (χ1) is 7.65. The Morgan fingerprint density at radius 2 is 2.25 bits per heavy atom. The number of halogens is 1. The van der Waals surface area contributed by atoms with E-state index < -0.39 is 6.03 Å². The Morgan fingerprint density at radius 1 is 1.44 bits per heavy atom. The molecule has 0 radical (unpaired) electrons. The van der Waals surface area contributed by atoms with Crippen molar-refractivity contribution >= 4 is 23.5 Å². The fourth-order valence-electron chi connectivity index (χ4n) is 1.31. The molecular weight excluding hydrogens is 232 g/mol. The molecule has 16 heavy (non-hydrogen) atoms. The number of nitrogens with zero attached hydrogens (tertiary/aromatic N) is 1. The highest BCUT2D eigenvalue weighted by Gasteiger charge is 2.27. The van der Waals surface area contributed by atoms with Crippen LogP contribution in [-0.4, -0.2) is 23.5 Å². The zero-order valence-electron chi connectivity index (χ0n) is 8.27. The van der Waals surface area contributed by atoms with Crippen LogP contribution in [0.15, 0.2) is 24.3 Å². The first-order valence-corrected chi connectivity index (χ1v) is 5.01. The molecular formula is C10H9ClN2O3. The van der Waals surface area contributed by atoms with Crippen molar-refractivity contribution in [2.24, 2.45) is 0 Å². The fraction of sp³-hybridized carbons (Fsp3) is 0.200. The van der Waals surface area contributed by atoms with Crippen LogP contribution in [-0.2, 0) is 16.2 Å². The molecule has 0 unspecified atom stereocenters. The van der Waals surface area contributed by atoms with Crippen LogP contribution in [0.3, 0.4) is 0 Å². The first-order valence-electron chi connectivity index (χ1n) is 4.64. The maximum atomic E-state index is 11.1. The summed E-state index contributed by atoms with van der Waals surface area (Å²) in [7, 11) is 0. The van der Waals surface area contributed by atoms with Crippen molar-refractivity contribution in [1.29, 1.82) is 0 Å². The number of hydrogen-bond acceptors (Lipinski definition) is 3. The number of carbonyl (C=O) groups is 2. The minimum atomic E-state index is -0.535. The van der Waals surface area contributed by atoms with Gasteiger partial charge in [0.1, 0.15) is 13.2 Å². The smallest absolute Gasteiger partial charge is 0.274 e. The number of amides is 3. The topological polar surface area (TPSA) is 58.6 Å². The van der Waals surface area contributed by atoms with Crippen molar-refractivity contribution in [2.45, 2.75) is 6.61 Å². The third-order valence-corrected chi connectivity index (χ3v) is 2.27. The van der Waals surface area contributed by atoms with Crippen molar-refractivity contribution in [2.75, 3.05) is 6.54 Å². The molecule has 84 valence electrons. The Labute approximate surface area is 96.9 Å². The monoisotopic (exact) mass is 240 g/mol. The molecule has 1 heterocycles. The summed E-state index contributed by atoms with van der Waals surface area (Å²) in [6.07, 6.45) is 0. The van der Waals surface area contributed by atoms with Gasteiger partial charge in [-0.1, -0.05) is 23.7 Å². The van der Waals surface area contributed by atoms with E-state index in [2.05, 4.69) is 5.32 Å². The Kier molecular flexibility index (Phi) is 3.07. The van der Waals surface area contributed by atoms with E-state index >= 15 is 0 Å². The maximum Gasteiger partial charge on any atom is 0.348 e. The summed E-state index contributed by atoms with van der Waals surface area (Å²) in [5, 5.41) is 3.70. The van der Waals surface area contributed by atoms with Gasteiger partial charge in [0.05, 0.1) is 0 Å². The van der Waals surface area contributed by atoms with Gasteiger partial charge < -0.3 is 0 Å². The molecule has 1 aliphatic heterocycles. The standard InChI is InChI=1S/C10H9ClN2O3/c11-8-3-1-2-7(4-8)6-16-13-5-9(14)12-10(13)15/h1-4H,5-6H2,(H,12,14,15). The quantitative estimate of drug-likeness (QED) is 0.811. The van der Waals surface area contributed by atoms with Crippen molar-refractivity contribution in [3.05, 3.63) is 34.9 Å². The van der Waals surface area contributed by atoms with Crippen LogP contribution >= 0.6 is 11.6 Å². The second kappa shape index (κ2) is 4.51. The number of nitrogens with one attached hydrogen (secondary N) is 1. The highest BCUT2D eigenvalue weighted by molar-refractivity contribution is 6.30. The van der Waals surface area contributed by atoms with Crippen LogP contribution in [0.25, 0.3) is 0 Å². The first kappa shape index (κ1) is 10.9. The zero-order valence-corrected chi connectivity index (χ0v) is 9.03. The Hall–Kier alpha value is -1.59. The van der Waals surface area contributed by atoms with Crippen LogP contribution < -0.4 is 5.32 Å². The molecule has 0 aromatic heterocycles. The summed E-state index contributed by atoms with van der Waals surface area (Å²) in [5.41, 5.74) is 0.833. The van der Waals surface area contributed by atoms with E-state index in [9.17, 15) is 9.59 Å². The highest BCUT2D eigenvalue weighted by atomic mass is 35.5. The number of hydrogen-bond donors (Lipinski definition) is 1. The predicted octanol–water partition coefficient (Wildman–Crippen LogP) is 1.32. The zero-order chi connectivity index (χ0) is 11.5. The predicted molar refractivity (Wildman–Crippen MR) is 56.5 cm³/mol. The summed E-state index contributed by atoms with van der Waals surface area (Å²) < 4.78 is 0. The van der Waals surface area contributed by atoms with Gasteiger partial charge in [0.2, 0.25) is 5.91 Å². The normalized spacial score (nSPS) is 15.4. The third-order valence-electron chi connectivity index (χ3n) is 2.04. The van der Waals surface area contributed by atoms with E-state index in [-0.39, 0.29) is 19.1 Å². The van der Waals surface area contributed by atoms with E-state index in [1.54, 1.807) is 18.2 Å². The lowest BCUT2D eigenvalue weighted by Gasteiger charge is -2.12. The number of imide groups is 1. The molecule has 1 aliphatic rings. The summed E-state index contributed by atoms with van der Waals surface area (Å²) in [6, 6.07) is 6.55. The molecule has 0 saturated carbocycles. The second-order valence-electron chi connectivity index (χ2n) is 3.29. The van der Waals surface area contributed by atoms with Crippen molar-refractivity contribution in [3.8, 4) is 0 Å². The maximum absolute atomic E-state index is 11.1. The second-order valence-corrected chi connectivity index (χ2v) is 3.73. The largest absolute Gasteiger partial charge is 0.348 e. The van der Waals surface area contributed by atoms with E-state index in [1.807, 2.05) is 6.07 Å². The van der Waals surface area contributed by atoms with Gasteiger partial charge in [-0.05, 0) is 17.7 Å². The van der Waals surface area contributed by atoms with Gasteiger partial charge in [0, 0.05) is 5.02 Å². The number of rotatable bonds is 3. The minimum absolute atomic E-state index is 0.0700. The molecule has 1 aromatic rings. The molecule has 0 atom stereocenters. The van der Waals surface area contributed by atoms with Crippen LogP contribution in [0.4, 0.5) is 4.79 Å². The molecule has 2 rings (SSSR count). The average Bonchev–Trinajstić information content (AvgIpc) is 2.54. The van der Waals surface area contributed by atoms with E-state index in [1.165, 1.54) is 0 Å². The molecule has 1 aromatic carbocycles. The van der Waals surface area contributed by atoms with Crippen LogP contribution in [0.2, 0.25) is 5.02 Å². The van der Waals surface area contributed by atoms with Gasteiger partial charge in [-0.25, -0.2) is 4.79 Å². The molecule has 6 heteroatoms. The van der Waals surface area contributed by atoms with Crippen LogP contribution in [0, 0.1) is 0 Å². The lowest BCUT2D eigenvalue weighted by Crippen LogP contribution is -2.28. The molecule has 1 saturated heterocycles. The molecule has 5 nitrogen and oxygen atoms in total. The van der Waals surface area contributed by atoms with Crippen molar-refractivity contribution < 1.29 is 14.4 Å². The van der Waals surface area contributed by atoms with E-state index in [4.69, 9.17) is 16.4 Å². The molecule has 1 N–H and O–H groups in total. The van der Waals surface area contributed by atoms with E-state index in [0.717, 1.165) is 10.6 Å². The van der Waals surface area contributed by atoms with Gasteiger partial charge in [-0.15, -0.1) is 0 Å². The summed E-state index contributed by atoms with van der Waals surface area (Å²) in [6.45, 7) is 0.126. The molecule has 0 spiro atoms. The number of benzene rings is 1. The van der Waals surface area contributed by atoms with Crippen molar-refractivity contribution in [3.63, 3.8) is 0 Å². The number of carbonyl (C=O) groups excluding carboxylic acids is 2. The van der Waals surface area contributed by atoms with Gasteiger partial charge in [0.15, 0.2) is 0 Å². The third kappa shape index (κ3) is 2.50. The Morgan fingerprint density at radius 3 is 2.88 bits per heavy atom. The van der Waals surface area contributed by atoms with Gasteiger partial charge in [0.25, 0.3) is 0 Å². The lowest BCUT2D eigenvalue weighted by molar-refractivity contribution is -0.134. The number of urea groups is 1. The SMILES string of the molecule is O=C1CN(OCc2cccc(Cl)c2)C(=O)N1. The van der Waals surface area contributed by atoms with Gasteiger partial charge in [-0.3, -0.25) is 14.9 Å². The van der Waals surface area contributed by atoms with Crippen molar-refractivity contribution in [1.82, 2.24) is 10.4 Å². The van der Waals surface area contributed by atoms with Crippen LogP contribution in [0.5, 0.6) is 0 Å². The Balaban J connectivity index is 1.93. The van der Waals surface area contributed by atoms with E-state index in [0.29, 0.717) is 5.02 Å². The van der Waals surface area contributed by atoms with Gasteiger partial charge in [-0.2, -0.15) is 5.06 Å².